The molecule has 0 heterocycles. The summed E-state index contributed by atoms with van der Waals surface area (Å²) >= 11 is 6.43. The summed E-state index contributed by atoms with van der Waals surface area (Å²) in [5.41, 5.74) is 4.38. The maximum Gasteiger partial charge on any atom is 0.264 e. The van der Waals surface area contributed by atoms with Crippen LogP contribution in [-0.2, 0) is 32.6 Å². The molecule has 224 valence electrons. The Morgan fingerprint density at radius 1 is 0.837 bits per heavy atom. The van der Waals surface area contributed by atoms with Crippen LogP contribution in [0, 0.1) is 20.8 Å². The molecule has 0 aliphatic carbocycles. The molecule has 9 heteroatoms. The first-order chi connectivity index (χ1) is 20.5. The van der Waals surface area contributed by atoms with Crippen molar-refractivity contribution in [1.29, 1.82) is 0 Å². The third-order valence-corrected chi connectivity index (χ3v) is 9.70. The fourth-order valence-electron chi connectivity index (χ4n) is 4.91. The molecular weight excluding hydrogens is 582 g/mol. The van der Waals surface area contributed by atoms with Gasteiger partial charge in [0.15, 0.2) is 0 Å². The lowest BCUT2D eigenvalue weighted by Gasteiger charge is -2.34. The molecule has 4 aromatic rings. The maximum absolute atomic E-state index is 14.4. The van der Waals surface area contributed by atoms with Crippen LogP contribution in [-0.4, -0.2) is 44.8 Å². The SMILES string of the molecule is CNC(=O)[C@@H](Cc1ccccc1)N(Cc1ccccc1C)C(=O)CN(c1cccc(Cl)c1C)S(=O)(=O)c1ccc(C)cc1. The minimum absolute atomic E-state index is 0.0443. The Hall–Kier alpha value is -4.14. The largest absolute Gasteiger partial charge is 0.357 e. The first-order valence-corrected chi connectivity index (χ1v) is 15.8. The summed E-state index contributed by atoms with van der Waals surface area (Å²) in [6.45, 7) is 5.10. The number of halogens is 1. The van der Waals surface area contributed by atoms with Crippen molar-refractivity contribution in [3.63, 3.8) is 0 Å². The number of carbonyl (C=O) groups excluding carboxylic acids is 2. The zero-order valence-corrected chi connectivity index (χ0v) is 26.3. The number of anilines is 1. The minimum atomic E-state index is -4.20. The zero-order valence-electron chi connectivity index (χ0n) is 24.7. The summed E-state index contributed by atoms with van der Waals surface area (Å²) < 4.78 is 29.4. The number of likely N-dealkylation sites (N-methyl/N-ethyl adjacent to an activating group) is 1. The molecular formula is C34H36ClN3O4S. The van der Waals surface area contributed by atoms with Gasteiger partial charge in [0.25, 0.3) is 10.0 Å². The maximum atomic E-state index is 14.4. The fourth-order valence-corrected chi connectivity index (χ4v) is 6.55. The van der Waals surface area contributed by atoms with E-state index in [1.54, 1.807) is 37.3 Å². The van der Waals surface area contributed by atoms with Crippen LogP contribution < -0.4 is 9.62 Å². The minimum Gasteiger partial charge on any atom is -0.357 e. The number of amides is 2. The molecule has 0 bridgehead atoms. The summed E-state index contributed by atoms with van der Waals surface area (Å²) in [6, 6.07) is 27.6. The summed E-state index contributed by atoms with van der Waals surface area (Å²) in [4.78, 5) is 29.3. The first-order valence-electron chi connectivity index (χ1n) is 14.0. The second kappa shape index (κ2) is 13.9. The predicted molar refractivity (Wildman–Crippen MR) is 172 cm³/mol. The lowest BCUT2D eigenvalue weighted by atomic mass is 10.0. The van der Waals surface area contributed by atoms with Crippen LogP contribution >= 0.6 is 11.6 Å². The van der Waals surface area contributed by atoms with E-state index in [2.05, 4.69) is 5.32 Å². The second-order valence-corrected chi connectivity index (χ2v) is 12.7. The van der Waals surface area contributed by atoms with Gasteiger partial charge < -0.3 is 10.2 Å². The van der Waals surface area contributed by atoms with E-state index in [0.29, 0.717) is 10.6 Å². The van der Waals surface area contributed by atoms with Gasteiger partial charge in [-0.15, -0.1) is 0 Å². The van der Waals surface area contributed by atoms with Crippen LogP contribution in [0.2, 0.25) is 5.02 Å². The average Bonchev–Trinajstić information content (AvgIpc) is 3.00. The molecule has 0 unspecified atom stereocenters. The Kier molecular flexibility index (Phi) is 10.3. The van der Waals surface area contributed by atoms with E-state index < -0.39 is 28.5 Å². The Morgan fingerprint density at radius 2 is 1.49 bits per heavy atom. The highest BCUT2D eigenvalue weighted by Crippen LogP contribution is 2.31. The van der Waals surface area contributed by atoms with E-state index in [4.69, 9.17) is 11.6 Å². The van der Waals surface area contributed by atoms with Crippen molar-refractivity contribution in [1.82, 2.24) is 10.2 Å². The van der Waals surface area contributed by atoms with Gasteiger partial charge >= 0.3 is 0 Å². The van der Waals surface area contributed by atoms with Gasteiger partial charge in [-0.2, -0.15) is 0 Å². The molecule has 0 saturated carbocycles. The van der Waals surface area contributed by atoms with Gasteiger partial charge in [-0.25, -0.2) is 8.42 Å². The highest BCUT2D eigenvalue weighted by Gasteiger charge is 2.35. The van der Waals surface area contributed by atoms with Crippen LogP contribution in [0.1, 0.15) is 27.8 Å². The Morgan fingerprint density at radius 3 is 2.14 bits per heavy atom. The van der Waals surface area contributed by atoms with E-state index in [1.165, 1.54) is 24.1 Å². The van der Waals surface area contributed by atoms with Crippen molar-refractivity contribution in [3.8, 4) is 0 Å². The monoisotopic (exact) mass is 617 g/mol. The van der Waals surface area contributed by atoms with Crippen LogP contribution in [0.4, 0.5) is 5.69 Å². The molecule has 0 spiro atoms. The van der Waals surface area contributed by atoms with Gasteiger partial charge in [0, 0.05) is 25.0 Å². The smallest absolute Gasteiger partial charge is 0.264 e. The highest BCUT2D eigenvalue weighted by molar-refractivity contribution is 7.92. The normalized spacial score (nSPS) is 11.9. The van der Waals surface area contributed by atoms with Gasteiger partial charge in [-0.1, -0.05) is 90.0 Å². The lowest BCUT2D eigenvalue weighted by molar-refractivity contribution is -0.139. The van der Waals surface area contributed by atoms with Gasteiger partial charge in [0.1, 0.15) is 12.6 Å². The van der Waals surface area contributed by atoms with Crippen molar-refractivity contribution in [2.75, 3.05) is 17.9 Å². The molecule has 0 aromatic heterocycles. The number of nitrogens with one attached hydrogen (secondary N) is 1. The highest BCUT2D eigenvalue weighted by atomic mass is 35.5. The quantitative estimate of drug-likeness (QED) is 0.229. The van der Waals surface area contributed by atoms with Crippen LogP contribution in [0.3, 0.4) is 0 Å². The molecule has 43 heavy (non-hydrogen) atoms. The molecule has 4 rings (SSSR count). The Balaban J connectivity index is 1.83. The summed E-state index contributed by atoms with van der Waals surface area (Å²) in [6.07, 6.45) is 0.249. The van der Waals surface area contributed by atoms with Crippen molar-refractivity contribution in [2.24, 2.45) is 0 Å². The summed E-state index contributed by atoms with van der Waals surface area (Å²) in [7, 11) is -2.68. The number of hydrogen-bond donors (Lipinski definition) is 1. The molecule has 0 aliphatic heterocycles. The van der Waals surface area contributed by atoms with Crippen LogP contribution in [0.15, 0.2) is 102 Å². The molecule has 7 nitrogen and oxygen atoms in total. The third kappa shape index (κ3) is 7.45. The van der Waals surface area contributed by atoms with Crippen molar-refractivity contribution < 1.29 is 18.0 Å². The van der Waals surface area contributed by atoms with Crippen molar-refractivity contribution in [2.45, 2.75) is 44.7 Å². The molecule has 0 saturated heterocycles. The molecule has 0 radical (unpaired) electrons. The van der Waals surface area contributed by atoms with E-state index in [9.17, 15) is 18.0 Å². The van der Waals surface area contributed by atoms with E-state index in [0.717, 1.165) is 26.6 Å². The second-order valence-electron chi connectivity index (χ2n) is 10.5. The number of carbonyl (C=O) groups is 2. The number of aryl methyl sites for hydroxylation is 2. The van der Waals surface area contributed by atoms with Crippen molar-refractivity contribution in [3.05, 3.63) is 130 Å². The topological polar surface area (TPSA) is 86.8 Å². The van der Waals surface area contributed by atoms with E-state index >= 15 is 0 Å². The number of benzene rings is 4. The van der Waals surface area contributed by atoms with Gasteiger partial charge in [0.2, 0.25) is 11.8 Å². The van der Waals surface area contributed by atoms with E-state index in [1.807, 2.05) is 68.4 Å². The molecule has 0 fully saturated rings. The Labute approximate surface area is 259 Å². The summed E-state index contributed by atoms with van der Waals surface area (Å²) in [5.74, 6) is -0.875. The van der Waals surface area contributed by atoms with Crippen LogP contribution in [0.25, 0.3) is 0 Å². The molecule has 1 atom stereocenters. The van der Waals surface area contributed by atoms with Gasteiger partial charge in [-0.05, 0) is 67.3 Å². The lowest BCUT2D eigenvalue weighted by Crippen LogP contribution is -2.53. The van der Waals surface area contributed by atoms with E-state index in [-0.39, 0.29) is 29.5 Å². The molecule has 1 N–H and O–H groups in total. The predicted octanol–water partition coefficient (Wildman–Crippen LogP) is 5.85. The summed E-state index contributed by atoms with van der Waals surface area (Å²) in [5, 5.41) is 3.08. The molecule has 0 aliphatic rings. The standard InChI is InChI=1S/C34H36ClN3O4S/c1-24-17-19-29(20-18-24)43(41,42)38(31-16-10-15-30(35)26(31)3)23-33(39)37(22-28-14-9-8-11-25(28)2)32(34(40)36-4)21-27-12-6-5-7-13-27/h5-20,32H,21-23H2,1-4H3,(H,36,40)/t32-/m1/s1. The van der Waals surface area contributed by atoms with Gasteiger partial charge in [0.05, 0.1) is 10.6 Å². The number of nitrogens with zero attached hydrogens (tertiary/aromatic N) is 2. The molecule has 2 amide bonds. The van der Waals surface area contributed by atoms with Crippen molar-refractivity contribution >= 4 is 39.1 Å². The third-order valence-electron chi connectivity index (χ3n) is 7.52. The number of rotatable bonds is 11. The number of sulfonamides is 1. The first kappa shape index (κ1) is 31.8. The fraction of sp³-hybridized carbons (Fsp3) is 0.235. The van der Waals surface area contributed by atoms with Gasteiger partial charge in [-0.3, -0.25) is 13.9 Å². The molecule has 4 aromatic carbocycles. The number of hydrogen-bond acceptors (Lipinski definition) is 4. The average molecular weight is 618 g/mol. The zero-order chi connectivity index (χ0) is 31.1. The Bertz CT molecular complexity index is 1690. The van der Waals surface area contributed by atoms with Crippen LogP contribution in [0.5, 0.6) is 0 Å².